The zero-order valence-electron chi connectivity index (χ0n) is 12.8. The minimum Gasteiger partial charge on any atom is -0.384 e. The first-order chi connectivity index (χ1) is 10.2. The van der Waals surface area contributed by atoms with Crippen LogP contribution in [-0.4, -0.2) is 18.5 Å². The molecule has 0 atom stereocenters. The summed E-state index contributed by atoms with van der Waals surface area (Å²) in [7, 11) is 0. The van der Waals surface area contributed by atoms with E-state index in [1.807, 2.05) is 12.1 Å². The molecule has 0 aromatic heterocycles. The maximum absolute atomic E-state index is 12.6. The smallest absolute Gasteiger partial charge is 0.253 e. The maximum atomic E-state index is 12.6. The number of nitrogens with one attached hydrogen (secondary N) is 2. The Labute approximate surface area is 132 Å². The summed E-state index contributed by atoms with van der Waals surface area (Å²) in [6, 6.07) is 5.77. The van der Waals surface area contributed by atoms with Crippen molar-refractivity contribution in [2.24, 2.45) is 0 Å². The summed E-state index contributed by atoms with van der Waals surface area (Å²) in [5.74, 6) is -0.0111. The van der Waals surface area contributed by atoms with Crippen LogP contribution in [0.15, 0.2) is 18.2 Å². The molecule has 1 amide bonds. The van der Waals surface area contributed by atoms with Crippen LogP contribution in [0.5, 0.6) is 0 Å². The summed E-state index contributed by atoms with van der Waals surface area (Å²) in [5, 5.41) is 7.08. The lowest BCUT2D eigenvalue weighted by molar-refractivity contribution is 0.0934. The Morgan fingerprint density at radius 1 is 1.24 bits per heavy atom. The van der Waals surface area contributed by atoms with Crippen LogP contribution in [0, 0.1) is 0 Å². The number of hydrogen-bond donors (Lipinski definition) is 2. The number of carbonyl (C=O) groups is 1. The zero-order valence-corrected chi connectivity index (χ0v) is 13.5. The lowest BCUT2D eigenvalue weighted by Crippen LogP contribution is -2.34. The third-order valence-corrected chi connectivity index (χ3v) is 4.22. The zero-order chi connectivity index (χ0) is 15.1. The van der Waals surface area contributed by atoms with Gasteiger partial charge in [0.15, 0.2) is 0 Å². The van der Waals surface area contributed by atoms with Crippen LogP contribution < -0.4 is 10.6 Å². The van der Waals surface area contributed by atoms with Crippen molar-refractivity contribution in [3.8, 4) is 0 Å². The van der Waals surface area contributed by atoms with Crippen molar-refractivity contribution in [3.05, 3.63) is 28.8 Å². The molecule has 1 aromatic carbocycles. The van der Waals surface area contributed by atoms with Gasteiger partial charge < -0.3 is 10.6 Å². The van der Waals surface area contributed by atoms with Gasteiger partial charge in [-0.2, -0.15) is 0 Å². The van der Waals surface area contributed by atoms with E-state index in [4.69, 9.17) is 11.6 Å². The highest BCUT2D eigenvalue weighted by Gasteiger charge is 2.18. The molecule has 1 aliphatic carbocycles. The first kappa shape index (κ1) is 16.2. The van der Waals surface area contributed by atoms with E-state index < -0.39 is 0 Å². The summed E-state index contributed by atoms with van der Waals surface area (Å²) >= 11 is 6.06. The number of anilines is 1. The fraction of sp³-hybridized carbons (Fsp3) is 0.588. The predicted octanol–water partition coefficient (Wildman–Crippen LogP) is 4.61. The van der Waals surface area contributed by atoms with Crippen molar-refractivity contribution < 1.29 is 4.79 Å². The highest BCUT2D eigenvalue weighted by atomic mass is 35.5. The second-order valence-electron chi connectivity index (χ2n) is 5.78. The van der Waals surface area contributed by atoms with Gasteiger partial charge in [0.1, 0.15) is 0 Å². The molecule has 0 saturated heterocycles. The topological polar surface area (TPSA) is 41.1 Å². The van der Waals surface area contributed by atoms with Crippen LogP contribution in [-0.2, 0) is 0 Å². The Hall–Kier alpha value is -1.22. The number of amides is 1. The number of rotatable bonds is 5. The fourth-order valence-electron chi connectivity index (χ4n) is 2.81. The van der Waals surface area contributed by atoms with Crippen LogP contribution >= 0.6 is 11.6 Å². The molecule has 0 radical (unpaired) electrons. The van der Waals surface area contributed by atoms with E-state index in [-0.39, 0.29) is 5.91 Å². The molecule has 0 bridgehead atoms. The van der Waals surface area contributed by atoms with Crippen molar-refractivity contribution in [2.45, 2.75) is 57.9 Å². The summed E-state index contributed by atoms with van der Waals surface area (Å²) in [6.07, 6.45) is 8.18. The molecule has 1 saturated carbocycles. The van der Waals surface area contributed by atoms with Crippen LogP contribution in [0.2, 0.25) is 5.02 Å². The van der Waals surface area contributed by atoms with Gasteiger partial charge >= 0.3 is 0 Å². The Bertz CT molecular complexity index is 468. The molecule has 116 valence electrons. The molecule has 3 nitrogen and oxygen atoms in total. The van der Waals surface area contributed by atoms with Gasteiger partial charge in [0.05, 0.1) is 5.56 Å². The number of benzene rings is 1. The molecule has 4 heteroatoms. The van der Waals surface area contributed by atoms with Crippen LogP contribution in [0.1, 0.15) is 62.2 Å². The third kappa shape index (κ3) is 4.92. The Kier molecular flexibility index (Phi) is 6.37. The summed E-state index contributed by atoms with van der Waals surface area (Å²) in [5.41, 5.74) is 1.52. The highest BCUT2D eigenvalue weighted by molar-refractivity contribution is 6.31. The molecule has 2 N–H and O–H groups in total. The summed E-state index contributed by atoms with van der Waals surface area (Å²) < 4.78 is 0. The second kappa shape index (κ2) is 8.28. The molecule has 1 aliphatic rings. The fourth-order valence-corrected chi connectivity index (χ4v) is 2.98. The minimum atomic E-state index is -0.0111. The van der Waals surface area contributed by atoms with Gasteiger partial charge in [-0.1, -0.05) is 44.2 Å². The van der Waals surface area contributed by atoms with E-state index in [0.717, 1.165) is 31.5 Å². The molecule has 1 fully saturated rings. The number of hydrogen-bond acceptors (Lipinski definition) is 2. The van der Waals surface area contributed by atoms with Gasteiger partial charge in [0.2, 0.25) is 0 Å². The lowest BCUT2D eigenvalue weighted by atomic mass is 10.1. The van der Waals surface area contributed by atoms with Crippen molar-refractivity contribution in [2.75, 3.05) is 11.9 Å². The van der Waals surface area contributed by atoms with E-state index >= 15 is 0 Å². The van der Waals surface area contributed by atoms with E-state index in [0.29, 0.717) is 16.6 Å². The van der Waals surface area contributed by atoms with Gasteiger partial charge in [0.25, 0.3) is 5.91 Å². The van der Waals surface area contributed by atoms with E-state index in [1.54, 1.807) is 6.07 Å². The van der Waals surface area contributed by atoms with Gasteiger partial charge in [-0.3, -0.25) is 4.79 Å². The molecule has 0 heterocycles. The predicted molar refractivity (Wildman–Crippen MR) is 89.2 cm³/mol. The number of halogens is 1. The Balaban J connectivity index is 2.07. The van der Waals surface area contributed by atoms with Crippen LogP contribution in [0.4, 0.5) is 5.69 Å². The van der Waals surface area contributed by atoms with Gasteiger partial charge in [0, 0.05) is 23.3 Å². The Morgan fingerprint density at radius 2 is 1.95 bits per heavy atom. The quantitative estimate of drug-likeness (QED) is 0.780. The first-order valence-corrected chi connectivity index (χ1v) is 8.42. The van der Waals surface area contributed by atoms with Crippen molar-refractivity contribution in [1.29, 1.82) is 0 Å². The molecule has 0 spiro atoms. The van der Waals surface area contributed by atoms with E-state index in [9.17, 15) is 4.79 Å². The number of carbonyl (C=O) groups excluding carboxylic acids is 1. The lowest BCUT2D eigenvalue weighted by Gasteiger charge is -2.18. The van der Waals surface area contributed by atoms with Gasteiger partial charge in [-0.25, -0.2) is 0 Å². The van der Waals surface area contributed by atoms with Crippen molar-refractivity contribution in [3.63, 3.8) is 0 Å². The van der Waals surface area contributed by atoms with Gasteiger partial charge in [-0.05, 0) is 37.5 Å². The van der Waals surface area contributed by atoms with E-state index in [2.05, 4.69) is 17.6 Å². The van der Waals surface area contributed by atoms with Crippen LogP contribution in [0.25, 0.3) is 0 Å². The third-order valence-electron chi connectivity index (χ3n) is 3.98. The second-order valence-corrected chi connectivity index (χ2v) is 6.22. The molecule has 2 rings (SSSR count). The van der Waals surface area contributed by atoms with Crippen molar-refractivity contribution >= 4 is 23.2 Å². The van der Waals surface area contributed by atoms with Gasteiger partial charge in [-0.15, -0.1) is 0 Å². The normalized spacial score (nSPS) is 16.3. The average Bonchev–Trinajstić information content (AvgIpc) is 2.74. The monoisotopic (exact) mass is 308 g/mol. The molecule has 1 aromatic rings. The molecular weight excluding hydrogens is 284 g/mol. The van der Waals surface area contributed by atoms with E-state index in [1.165, 1.54) is 25.7 Å². The van der Waals surface area contributed by atoms with Crippen LogP contribution in [0.3, 0.4) is 0 Å². The largest absolute Gasteiger partial charge is 0.384 e. The molecule has 0 aliphatic heterocycles. The molecule has 0 unspecified atom stereocenters. The summed E-state index contributed by atoms with van der Waals surface area (Å²) in [6.45, 7) is 2.96. The standard InChI is InChI=1S/C17H25ClN2O/c1-2-11-19-16-10-9-13(18)12-15(16)17(21)20-14-7-5-3-4-6-8-14/h9-10,12,14,19H,2-8,11H2,1H3,(H,20,21). The average molecular weight is 309 g/mol. The molecule has 21 heavy (non-hydrogen) atoms. The highest BCUT2D eigenvalue weighted by Crippen LogP contribution is 2.22. The van der Waals surface area contributed by atoms with Crippen molar-refractivity contribution in [1.82, 2.24) is 5.32 Å². The molecular formula is C17H25ClN2O. The first-order valence-electron chi connectivity index (χ1n) is 8.05. The SMILES string of the molecule is CCCNc1ccc(Cl)cc1C(=O)NC1CCCCCC1. The Morgan fingerprint density at radius 3 is 2.62 bits per heavy atom. The maximum Gasteiger partial charge on any atom is 0.253 e. The minimum absolute atomic E-state index is 0.0111. The summed E-state index contributed by atoms with van der Waals surface area (Å²) in [4.78, 5) is 12.6.